The largest absolute Gasteiger partial charge is 0.480 e. The molecule has 0 aliphatic heterocycles. The van der Waals surface area contributed by atoms with E-state index in [2.05, 4.69) is 15.3 Å². The third kappa shape index (κ3) is 2.60. The molecule has 6 nitrogen and oxygen atoms in total. The number of nitrogens with one attached hydrogen (secondary N) is 1. The molecule has 0 bridgehead atoms. The van der Waals surface area contributed by atoms with Crippen molar-refractivity contribution in [1.29, 1.82) is 0 Å². The molecule has 2 heterocycles. The molecule has 0 aliphatic carbocycles. The fourth-order valence-electron chi connectivity index (χ4n) is 1.28. The van der Waals surface area contributed by atoms with Crippen molar-refractivity contribution in [3.63, 3.8) is 0 Å². The van der Waals surface area contributed by atoms with Gasteiger partial charge in [0, 0.05) is 6.07 Å². The molecule has 2 rings (SSSR count). The molecule has 1 unspecified atom stereocenters. The maximum absolute atomic E-state index is 10.7. The average molecular weight is 233 g/mol. The lowest BCUT2D eigenvalue weighted by molar-refractivity contribution is -0.137. The Labute approximate surface area is 97.3 Å². The number of furan rings is 1. The van der Waals surface area contributed by atoms with Crippen molar-refractivity contribution in [1.82, 2.24) is 9.97 Å². The second-order valence-electron chi connectivity index (χ2n) is 3.47. The van der Waals surface area contributed by atoms with Gasteiger partial charge in [0.1, 0.15) is 23.9 Å². The van der Waals surface area contributed by atoms with E-state index in [-0.39, 0.29) is 0 Å². The summed E-state index contributed by atoms with van der Waals surface area (Å²) in [6.45, 7) is 1.54. The van der Waals surface area contributed by atoms with Crippen molar-refractivity contribution in [3.8, 4) is 11.5 Å². The van der Waals surface area contributed by atoms with E-state index in [0.717, 1.165) is 0 Å². The predicted molar refractivity (Wildman–Crippen MR) is 60.5 cm³/mol. The van der Waals surface area contributed by atoms with Gasteiger partial charge in [-0.3, -0.25) is 4.79 Å². The molecule has 6 heteroatoms. The molecule has 0 aromatic carbocycles. The van der Waals surface area contributed by atoms with Gasteiger partial charge in [0.05, 0.1) is 6.26 Å². The summed E-state index contributed by atoms with van der Waals surface area (Å²) in [4.78, 5) is 18.7. The Bertz CT molecular complexity index is 510. The summed E-state index contributed by atoms with van der Waals surface area (Å²) in [7, 11) is 0. The Hall–Kier alpha value is -2.37. The highest BCUT2D eigenvalue weighted by atomic mass is 16.4. The van der Waals surface area contributed by atoms with Crippen molar-refractivity contribution in [2.75, 3.05) is 5.32 Å². The van der Waals surface area contributed by atoms with Crippen LogP contribution in [0.5, 0.6) is 0 Å². The lowest BCUT2D eigenvalue weighted by atomic mass is 10.3. The summed E-state index contributed by atoms with van der Waals surface area (Å²) < 4.78 is 5.19. The number of aliphatic carboxylic acids is 1. The molecule has 88 valence electrons. The molecular formula is C11H11N3O3. The molecule has 17 heavy (non-hydrogen) atoms. The lowest BCUT2D eigenvalue weighted by Gasteiger charge is -2.09. The molecule has 0 spiro atoms. The first kappa shape index (κ1) is 11.1. The van der Waals surface area contributed by atoms with Crippen molar-refractivity contribution in [2.24, 2.45) is 0 Å². The van der Waals surface area contributed by atoms with Gasteiger partial charge >= 0.3 is 5.97 Å². The van der Waals surface area contributed by atoms with Gasteiger partial charge in [-0.2, -0.15) is 0 Å². The lowest BCUT2D eigenvalue weighted by Crippen LogP contribution is -2.25. The van der Waals surface area contributed by atoms with Crippen molar-refractivity contribution in [2.45, 2.75) is 13.0 Å². The van der Waals surface area contributed by atoms with Crippen LogP contribution in [0.2, 0.25) is 0 Å². The summed E-state index contributed by atoms with van der Waals surface area (Å²) in [5, 5.41) is 11.5. The molecule has 0 amide bonds. The Morgan fingerprint density at radius 2 is 2.35 bits per heavy atom. The van der Waals surface area contributed by atoms with Crippen LogP contribution in [0.1, 0.15) is 6.92 Å². The van der Waals surface area contributed by atoms with Crippen LogP contribution in [0, 0.1) is 0 Å². The Balaban J connectivity index is 2.20. The van der Waals surface area contributed by atoms with Crippen LogP contribution >= 0.6 is 0 Å². The zero-order chi connectivity index (χ0) is 12.3. The van der Waals surface area contributed by atoms with Crippen LogP contribution in [-0.4, -0.2) is 27.1 Å². The smallest absolute Gasteiger partial charge is 0.325 e. The quantitative estimate of drug-likeness (QED) is 0.834. The van der Waals surface area contributed by atoms with E-state index in [4.69, 9.17) is 9.52 Å². The van der Waals surface area contributed by atoms with E-state index in [1.807, 2.05) is 0 Å². The molecule has 1 atom stereocenters. The van der Waals surface area contributed by atoms with Gasteiger partial charge < -0.3 is 14.8 Å². The summed E-state index contributed by atoms with van der Waals surface area (Å²) in [6.07, 6.45) is 2.90. The monoisotopic (exact) mass is 233 g/mol. The molecular weight excluding hydrogens is 222 g/mol. The first-order chi connectivity index (χ1) is 8.16. The van der Waals surface area contributed by atoms with Crippen LogP contribution < -0.4 is 5.32 Å². The zero-order valence-corrected chi connectivity index (χ0v) is 9.12. The number of hydrogen-bond acceptors (Lipinski definition) is 5. The maximum Gasteiger partial charge on any atom is 0.325 e. The molecule has 2 N–H and O–H groups in total. The van der Waals surface area contributed by atoms with Gasteiger partial charge in [-0.25, -0.2) is 9.97 Å². The second kappa shape index (κ2) is 4.65. The van der Waals surface area contributed by atoms with E-state index in [0.29, 0.717) is 17.3 Å². The van der Waals surface area contributed by atoms with Gasteiger partial charge in [0.15, 0.2) is 5.76 Å². The number of aromatic nitrogens is 2. The van der Waals surface area contributed by atoms with E-state index >= 15 is 0 Å². The third-order valence-electron chi connectivity index (χ3n) is 2.18. The van der Waals surface area contributed by atoms with E-state index in [1.54, 1.807) is 24.5 Å². The molecule has 2 aromatic heterocycles. The number of anilines is 1. The molecule has 0 aliphatic rings. The minimum Gasteiger partial charge on any atom is -0.480 e. The number of carbonyl (C=O) groups is 1. The fraction of sp³-hybridized carbons (Fsp3) is 0.182. The van der Waals surface area contributed by atoms with Crippen LogP contribution in [-0.2, 0) is 4.79 Å². The normalized spacial score (nSPS) is 12.1. The zero-order valence-electron chi connectivity index (χ0n) is 9.12. The van der Waals surface area contributed by atoms with Crippen molar-refractivity contribution < 1.29 is 14.3 Å². The average Bonchev–Trinajstić information content (AvgIpc) is 2.82. The molecule has 0 saturated heterocycles. The Morgan fingerprint density at radius 1 is 1.53 bits per heavy atom. The van der Waals surface area contributed by atoms with Gasteiger partial charge in [-0.15, -0.1) is 0 Å². The first-order valence-electron chi connectivity index (χ1n) is 5.02. The second-order valence-corrected chi connectivity index (χ2v) is 3.47. The van der Waals surface area contributed by atoms with Crippen LogP contribution in [0.3, 0.4) is 0 Å². The number of carboxylic acid groups (broad SMARTS) is 1. The van der Waals surface area contributed by atoms with Gasteiger partial charge in [0.2, 0.25) is 0 Å². The Kier molecular flexibility index (Phi) is 3.04. The topological polar surface area (TPSA) is 88.3 Å². The summed E-state index contributed by atoms with van der Waals surface area (Å²) in [5.74, 6) is 0.114. The summed E-state index contributed by atoms with van der Waals surface area (Å²) in [5.41, 5.74) is 0.602. The first-order valence-corrected chi connectivity index (χ1v) is 5.02. The molecule has 0 saturated carbocycles. The van der Waals surface area contributed by atoms with Gasteiger partial charge in [0.25, 0.3) is 0 Å². The highest BCUT2D eigenvalue weighted by molar-refractivity contribution is 5.76. The van der Waals surface area contributed by atoms with Crippen molar-refractivity contribution >= 4 is 11.8 Å². The predicted octanol–water partition coefficient (Wildman–Crippen LogP) is 1.62. The fourth-order valence-corrected chi connectivity index (χ4v) is 1.28. The van der Waals surface area contributed by atoms with Crippen LogP contribution in [0.25, 0.3) is 11.5 Å². The summed E-state index contributed by atoms with van der Waals surface area (Å²) in [6, 6.07) is 4.45. The summed E-state index contributed by atoms with van der Waals surface area (Å²) >= 11 is 0. The van der Waals surface area contributed by atoms with E-state index in [1.165, 1.54) is 13.3 Å². The maximum atomic E-state index is 10.7. The standard InChI is InChI=1S/C11H11N3O3/c1-7(11(15)16)14-10-5-8(12-6-13-10)9-3-2-4-17-9/h2-7H,1H3,(H,15,16)(H,12,13,14). The number of carboxylic acids is 1. The minimum absolute atomic E-state index is 0.446. The van der Waals surface area contributed by atoms with Gasteiger partial charge in [-0.1, -0.05) is 0 Å². The SMILES string of the molecule is CC(Nc1cc(-c2ccco2)ncn1)C(=O)O. The van der Waals surface area contributed by atoms with Gasteiger partial charge in [-0.05, 0) is 19.1 Å². The van der Waals surface area contributed by atoms with Crippen LogP contribution in [0.4, 0.5) is 5.82 Å². The van der Waals surface area contributed by atoms with E-state index < -0.39 is 12.0 Å². The minimum atomic E-state index is -0.942. The molecule has 0 radical (unpaired) electrons. The number of hydrogen-bond donors (Lipinski definition) is 2. The van der Waals surface area contributed by atoms with Crippen molar-refractivity contribution in [3.05, 3.63) is 30.8 Å². The Morgan fingerprint density at radius 3 is 3.00 bits per heavy atom. The third-order valence-corrected chi connectivity index (χ3v) is 2.18. The number of rotatable bonds is 4. The molecule has 2 aromatic rings. The molecule has 0 fully saturated rings. The number of nitrogens with zero attached hydrogens (tertiary/aromatic N) is 2. The highest BCUT2D eigenvalue weighted by Gasteiger charge is 2.11. The van der Waals surface area contributed by atoms with Crippen LogP contribution in [0.15, 0.2) is 35.2 Å². The van der Waals surface area contributed by atoms with E-state index in [9.17, 15) is 4.79 Å². The highest BCUT2D eigenvalue weighted by Crippen LogP contribution is 2.19.